The van der Waals surface area contributed by atoms with Crippen molar-refractivity contribution in [2.45, 2.75) is 24.9 Å². The average molecular weight is 211 g/mol. The van der Waals surface area contributed by atoms with Gasteiger partial charge in [-0.15, -0.1) is 11.6 Å². The van der Waals surface area contributed by atoms with E-state index in [9.17, 15) is 5.11 Å². The van der Waals surface area contributed by atoms with Crippen molar-refractivity contribution in [3.8, 4) is 0 Å². The number of halogens is 1. The summed E-state index contributed by atoms with van der Waals surface area (Å²) in [6.07, 6.45) is 2.91. The van der Waals surface area contributed by atoms with E-state index in [2.05, 4.69) is 0 Å². The number of alkyl halides is 1. The van der Waals surface area contributed by atoms with Crippen molar-refractivity contribution in [3.05, 3.63) is 35.9 Å². The van der Waals surface area contributed by atoms with Gasteiger partial charge in [-0.3, -0.25) is 0 Å². The Morgan fingerprint density at radius 3 is 2.43 bits per heavy atom. The minimum atomic E-state index is -0.678. The zero-order valence-corrected chi connectivity index (χ0v) is 8.87. The van der Waals surface area contributed by atoms with Crippen LogP contribution in [0.4, 0.5) is 0 Å². The van der Waals surface area contributed by atoms with Crippen LogP contribution in [0.3, 0.4) is 0 Å². The van der Waals surface area contributed by atoms with Crippen molar-refractivity contribution in [2.24, 2.45) is 5.92 Å². The van der Waals surface area contributed by atoms with E-state index in [-0.39, 0.29) is 0 Å². The van der Waals surface area contributed by atoms with Crippen molar-refractivity contribution in [1.29, 1.82) is 0 Å². The van der Waals surface area contributed by atoms with Crippen LogP contribution in [0.2, 0.25) is 0 Å². The highest BCUT2D eigenvalue weighted by molar-refractivity contribution is 6.17. The molecule has 1 aliphatic carbocycles. The Bertz CT molecular complexity index is 294. The van der Waals surface area contributed by atoms with E-state index in [1.54, 1.807) is 0 Å². The predicted molar refractivity (Wildman–Crippen MR) is 58.4 cm³/mol. The van der Waals surface area contributed by atoms with Crippen LogP contribution >= 0.6 is 11.6 Å². The predicted octanol–water partition coefficient (Wildman–Crippen LogP) is 2.91. The Morgan fingerprint density at radius 2 is 1.93 bits per heavy atom. The summed E-state index contributed by atoms with van der Waals surface area (Å²) in [7, 11) is 0. The molecule has 0 bridgehead atoms. The van der Waals surface area contributed by atoms with Gasteiger partial charge in [-0.05, 0) is 30.7 Å². The van der Waals surface area contributed by atoms with Crippen LogP contribution < -0.4 is 0 Å². The number of benzene rings is 1. The molecule has 1 nitrogen and oxygen atoms in total. The van der Waals surface area contributed by atoms with Crippen molar-refractivity contribution >= 4 is 11.6 Å². The summed E-state index contributed by atoms with van der Waals surface area (Å²) >= 11 is 5.75. The minimum absolute atomic E-state index is 0.420. The van der Waals surface area contributed by atoms with Gasteiger partial charge in [0, 0.05) is 5.88 Å². The normalized spacial score (nSPS) is 20.4. The van der Waals surface area contributed by atoms with E-state index in [0.29, 0.717) is 18.2 Å². The molecule has 14 heavy (non-hydrogen) atoms. The lowest BCUT2D eigenvalue weighted by Crippen LogP contribution is -2.28. The van der Waals surface area contributed by atoms with E-state index < -0.39 is 5.60 Å². The summed E-state index contributed by atoms with van der Waals surface area (Å²) in [5.41, 5.74) is 0.339. The van der Waals surface area contributed by atoms with Crippen molar-refractivity contribution < 1.29 is 5.11 Å². The zero-order valence-electron chi connectivity index (χ0n) is 8.12. The summed E-state index contributed by atoms with van der Waals surface area (Å²) in [4.78, 5) is 0. The Kier molecular flexibility index (Phi) is 2.80. The van der Waals surface area contributed by atoms with E-state index in [0.717, 1.165) is 18.4 Å². The maximum absolute atomic E-state index is 10.5. The fourth-order valence-electron chi connectivity index (χ4n) is 2.02. The number of rotatable bonds is 4. The Labute approximate surface area is 89.7 Å². The quantitative estimate of drug-likeness (QED) is 0.758. The molecule has 0 aromatic heterocycles. The van der Waals surface area contributed by atoms with E-state index in [1.807, 2.05) is 30.3 Å². The van der Waals surface area contributed by atoms with E-state index >= 15 is 0 Å². The van der Waals surface area contributed by atoms with Crippen LogP contribution in [0.15, 0.2) is 30.3 Å². The van der Waals surface area contributed by atoms with Gasteiger partial charge in [-0.2, -0.15) is 0 Å². The van der Waals surface area contributed by atoms with Crippen LogP contribution in [0, 0.1) is 5.92 Å². The van der Waals surface area contributed by atoms with E-state index in [4.69, 9.17) is 11.6 Å². The maximum atomic E-state index is 10.5. The first-order valence-corrected chi connectivity index (χ1v) is 5.64. The number of hydrogen-bond donors (Lipinski definition) is 1. The Balaban J connectivity index is 2.26. The third-order valence-corrected chi connectivity index (χ3v) is 3.19. The first kappa shape index (κ1) is 10.0. The first-order valence-electron chi connectivity index (χ1n) is 5.11. The second kappa shape index (κ2) is 3.92. The van der Waals surface area contributed by atoms with Gasteiger partial charge in [-0.1, -0.05) is 30.3 Å². The summed E-state index contributed by atoms with van der Waals surface area (Å²) in [6.45, 7) is 0. The summed E-state index contributed by atoms with van der Waals surface area (Å²) in [5.74, 6) is 0.936. The molecule has 2 rings (SSSR count). The molecule has 1 atom stereocenters. The SMILES string of the molecule is OC(CCCl)(c1ccccc1)C1CC1. The highest BCUT2D eigenvalue weighted by Crippen LogP contribution is 2.47. The summed E-state index contributed by atoms with van der Waals surface area (Å²) in [6, 6.07) is 9.89. The molecule has 0 radical (unpaired) electrons. The fraction of sp³-hybridized carbons (Fsp3) is 0.500. The van der Waals surface area contributed by atoms with Crippen LogP contribution in [0.1, 0.15) is 24.8 Å². The molecule has 1 aliphatic rings. The maximum Gasteiger partial charge on any atom is 0.0935 e. The molecule has 1 unspecified atom stereocenters. The molecular weight excluding hydrogens is 196 g/mol. The lowest BCUT2D eigenvalue weighted by molar-refractivity contribution is 0.00979. The molecular formula is C12H15ClO. The van der Waals surface area contributed by atoms with Gasteiger partial charge in [-0.25, -0.2) is 0 Å². The lowest BCUT2D eigenvalue weighted by Gasteiger charge is -2.28. The van der Waals surface area contributed by atoms with Gasteiger partial charge >= 0.3 is 0 Å². The lowest BCUT2D eigenvalue weighted by atomic mass is 9.86. The fourth-order valence-corrected chi connectivity index (χ4v) is 2.30. The van der Waals surface area contributed by atoms with Crippen LogP contribution in [0.25, 0.3) is 0 Å². The molecule has 0 spiro atoms. The molecule has 0 amide bonds. The molecule has 1 N–H and O–H groups in total. The van der Waals surface area contributed by atoms with Gasteiger partial charge in [0.2, 0.25) is 0 Å². The second-order valence-electron chi connectivity index (χ2n) is 4.00. The van der Waals surface area contributed by atoms with Gasteiger partial charge < -0.3 is 5.11 Å². The van der Waals surface area contributed by atoms with Crippen molar-refractivity contribution in [1.82, 2.24) is 0 Å². The van der Waals surface area contributed by atoms with Gasteiger partial charge in [0.1, 0.15) is 0 Å². The smallest absolute Gasteiger partial charge is 0.0935 e. The molecule has 1 fully saturated rings. The third kappa shape index (κ3) is 1.79. The first-order chi connectivity index (χ1) is 6.77. The number of hydrogen-bond acceptors (Lipinski definition) is 1. The second-order valence-corrected chi connectivity index (χ2v) is 4.38. The summed E-state index contributed by atoms with van der Waals surface area (Å²) < 4.78 is 0. The van der Waals surface area contributed by atoms with Crippen molar-refractivity contribution in [3.63, 3.8) is 0 Å². The van der Waals surface area contributed by atoms with Crippen LogP contribution in [-0.2, 0) is 5.60 Å². The minimum Gasteiger partial charge on any atom is -0.385 e. The molecule has 1 aromatic carbocycles. The molecule has 1 aromatic rings. The zero-order chi connectivity index (χ0) is 10.0. The Hall–Kier alpha value is -0.530. The van der Waals surface area contributed by atoms with Gasteiger partial charge in [0.25, 0.3) is 0 Å². The van der Waals surface area contributed by atoms with Crippen LogP contribution in [-0.4, -0.2) is 11.0 Å². The van der Waals surface area contributed by atoms with E-state index in [1.165, 1.54) is 0 Å². The molecule has 0 aliphatic heterocycles. The third-order valence-electron chi connectivity index (χ3n) is 3.00. The van der Waals surface area contributed by atoms with Gasteiger partial charge in [0.05, 0.1) is 5.60 Å². The molecule has 0 heterocycles. The molecule has 1 saturated carbocycles. The molecule has 0 saturated heterocycles. The number of aliphatic hydroxyl groups is 1. The molecule has 76 valence electrons. The molecule has 2 heteroatoms. The standard InChI is InChI=1S/C12H15ClO/c13-9-8-12(14,11-6-7-11)10-4-2-1-3-5-10/h1-5,11,14H,6-9H2. The summed E-state index contributed by atoms with van der Waals surface area (Å²) in [5, 5.41) is 10.5. The topological polar surface area (TPSA) is 20.2 Å². The largest absolute Gasteiger partial charge is 0.385 e. The monoisotopic (exact) mass is 210 g/mol. The van der Waals surface area contributed by atoms with Crippen molar-refractivity contribution in [2.75, 3.05) is 5.88 Å². The van der Waals surface area contributed by atoms with Crippen LogP contribution in [0.5, 0.6) is 0 Å². The average Bonchev–Trinajstić information content (AvgIpc) is 3.03. The highest BCUT2D eigenvalue weighted by Gasteiger charge is 2.44. The Morgan fingerprint density at radius 1 is 1.29 bits per heavy atom. The highest BCUT2D eigenvalue weighted by atomic mass is 35.5. The van der Waals surface area contributed by atoms with Gasteiger partial charge in [0.15, 0.2) is 0 Å².